The molecule has 24 heavy (non-hydrogen) atoms. The second-order valence-electron chi connectivity index (χ2n) is 6.59. The third-order valence-corrected chi connectivity index (χ3v) is 4.60. The van der Waals surface area contributed by atoms with Gasteiger partial charge in [-0.1, -0.05) is 73.5 Å². The molecule has 1 aliphatic carbocycles. The number of hydrogen-bond acceptors (Lipinski definition) is 2. The van der Waals surface area contributed by atoms with Crippen LogP contribution >= 0.6 is 0 Å². The zero-order valence-corrected chi connectivity index (χ0v) is 14.4. The molecule has 0 radical (unpaired) electrons. The molecule has 0 heterocycles. The maximum Gasteiger partial charge on any atom is 0.123 e. The lowest BCUT2D eigenvalue weighted by atomic mass is 9.94. The van der Waals surface area contributed by atoms with E-state index in [0.717, 1.165) is 27.8 Å². The van der Waals surface area contributed by atoms with Crippen LogP contribution in [0.4, 0.5) is 4.39 Å². The van der Waals surface area contributed by atoms with Gasteiger partial charge in [0, 0.05) is 11.2 Å². The van der Waals surface area contributed by atoms with Gasteiger partial charge in [0.1, 0.15) is 5.82 Å². The summed E-state index contributed by atoms with van der Waals surface area (Å²) in [4.78, 5) is 0. The highest BCUT2D eigenvalue weighted by Crippen LogP contribution is 2.43. The van der Waals surface area contributed by atoms with Gasteiger partial charge in [-0.2, -0.15) is 0 Å². The number of allylic oxidation sites excluding steroid dienone is 4. The molecule has 2 aromatic rings. The molecule has 2 nitrogen and oxygen atoms in total. The molecule has 0 bridgehead atoms. The van der Waals surface area contributed by atoms with Crippen LogP contribution in [0.1, 0.15) is 30.5 Å². The molecule has 0 saturated carbocycles. The van der Waals surface area contributed by atoms with E-state index >= 15 is 0 Å². The smallest absolute Gasteiger partial charge is 0.123 e. The Bertz CT molecular complexity index is 831. The second-order valence-corrected chi connectivity index (χ2v) is 7.49. The molecule has 4 heteroatoms. The molecule has 1 aliphatic rings. The molecule has 0 aliphatic heterocycles. The first-order valence-electron chi connectivity index (χ1n) is 7.71. The standard InChI is InChI=1S/C20H19FO2S/c1-20(2)11-18(15-5-3-14(4-6-15)13-24(22)23)19(12-20)16-7-9-17(21)10-8-16/h3-12H,13H2,1-2H3,(H,22,23)/p-1. The van der Waals surface area contributed by atoms with Gasteiger partial charge in [-0.25, -0.2) is 4.39 Å². The molecule has 0 saturated heterocycles. The summed E-state index contributed by atoms with van der Waals surface area (Å²) in [6, 6.07) is 14.0. The zero-order chi connectivity index (χ0) is 17.3. The summed E-state index contributed by atoms with van der Waals surface area (Å²) in [6.07, 6.45) is 4.36. The van der Waals surface area contributed by atoms with Crippen LogP contribution in [-0.2, 0) is 16.8 Å². The molecular formula is C20H18FO2S-. The Morgan fingerprint density at radius 2 is 1.38 bits per heavy atom. The maximum absolute atomic E-state index is 13.2. The lowest BCUT2D eigenvalue weighted by Gasteiger charge is -2.11. The van der Waals surface area contributed by atoms with Crippen molar-refractivity contribution >= 4 is 22.2 Å². The van der Waals surface area contributed by atoms with E-state index in [-0.39, 0.29) is 17.0 Å². The molecule has 1 atom stereocenters. The second kappa shape index (κ2) is 6.46. The lowest BCUT2D eigenvalue weighted by molar-refractivity contribution is 0.536. The average molecular weight is 341 g/mol. The highest BCUT2D eigenvalue weighted by molar-refractivity contribution is 7.78. The fourth-order valence-corrected chi connectivity index (χ4v) is 3.43. The van der Waals surface area contributed by atoms with Crippen molar-refractivity contribution in [3.63, 3.8) is 0 Å². The summed E-state index contributed by atoms with van der Waals surface area (Å²) in [5.41, 5.74) is 4.82. The lowest BCUT2D eigenvalue weighted by Crippen LogP contribution is -1.98. The fraction of sp³-hybridized carbons (Fsp3) is 0.200. The molecule has 0 spiro atoms. The molecule has 0 aromatic heterocycles. The molecule has 0 amide bonds. The Morgan fingerprint density at radius 1 is 0.917 bits per heavy atom. The first kappa shape index (κ1) is 16.8. The SMILES string of the molecule is CC1(C)C=C(c2ccc(F)cc2)C(c2ccc(CS(=O)[O-])cc2)=C1. The van der Waals surface area contributed by atoms with E-state index in [9.17, 15) is 13.2 Å². The highest BCUT2D eigenvalue weighted by atomic mass is 32.2. The van der Waals surface area contributed by atoms with Crippen molar-refractivity contribution < 1.29 is 13.2 Å². The number of benzene rings is 2. The third-order valence-electron chi connectivity index (χ3n) is 4.03. The van der Waals surface area contributed by atoms with E-state index < -0.39 is 11.1 Å². The Balaban J connectivity index is 1.97. The van der Waals surface area contributed by atoms with Gasteiger partial charge in [0.05, 0.1) is 0 Å². The maximum atomic E-state index is 13.2. The Kier molecular flexibility index (Phi) is 4.52. The molecule has 0 N–H and O–H groups in total. The van der Waals surface area contributed by atoms with Crippen LogP contribution < -0.4 is 0 Å². The van der Waals surface area contributed by atoms with Crippen LogP contribution in [0.25, 0.3) is 11.1 Å². The van der Waals surface area contributed by atoms with E-state index in [1.807, 2.05) is 24.3 Å². The molecule has 3 rings (SSSR count). The van der Waals surface area contributed by atoms with Crippen LogP contribution in [0.2, 0.25) is 0 Å². The van der Waals surface area contributed by atoms with Crippen molar-refractivity contribution in [3.05, 3.63) is 83.2 Å². The van der Waals surface area contributed by atoms with E-state index in [2.05, 4.69) is 26.0 Å². The van der Waals surface area contributed by atoms with E-state index in [0.29, 0.717) is 0 Å². The van der Waals surface area contributed by atoms with Crippen LogP contribution in [0.5, 0.6) is 0 Å². The molecule has 0 fully saturated rings. The first-order chi connectivity index (χ1) is 11.3. The summed E-state index contributed by atoms with van der Waals surface area (Å²) in [5, 5.41) is 0. The molecule has 1 unspecified atom stereocenters. The van der Waals surface area contributed by atoms with Crippen molar-refractivity contribution in [3.8, 4) is 0 Å². The molecule has 124 valence electrons. The van der Waals surface area contributed by atoms with Gasteiger partial charge in [-0.3, -0.25) is 4.21 Å². The van der Waals surface area contributed by atoms with Gasteiger partial charge in [-0.05, 0) is 40.0 Å². The Morgan fingerprint density at radius 3 is 1.83 bits per heavy atom. The summed E-state index contributed by atoms with van der Waals surface area (Å²) in [7, 11) is 0. The first-order valence-corrected chi connectivity index (χ1v) is 8.96. The zero-order valence-electron chi connectivity index (χ0n) is 13.6. The Hall–Kier alpha value is -2.04. The van der Waals surface area contributed by atoms with Crippen LogP contribution in [0.3, 0.4) is 0 Å². The van der Waals surface area contributed by atoms with Gasteiger partial charge in [-0.15, -0.1) is 0 Å². The van der Waals surface area contributed by atoms with Gasteiger partial charge in [0.15, 0.2) is 0 Å². The normalized spacial score (nSPS) is 17.3. The minimum absolute atomic E-state index is 0.0193. The summed E-state index contributed by atoms with van der Waals surface area (Å²) in [6.45, 7) is 4.25. The third kappa shape index (κ3) is 3.71. The van der Waals surface area contributed by atoms with Crippen molar-refractivity contribution in [2.45, 2.75) is 19.6 Å². The van der Waals surface area contributed by atoms with Crippen molar-refractivity contribution in [2.24, 2.45) is 5.41 Å². The van der Waals surface area contributed by atoms with Gasteiger partial charge >= 0.3 is 0 Å². The van der Waals surface area contributed by atoms with Gasteiger partial charge < -0.3 is 4.55 Å². The predicted molar refractivity (Wildman–Crippen MR) is 95.2 cm³/mol. The quantitative estimate of drug-likeness (QED) is 0.756. The predicted octanol–water partition coefficient (Wildman–Crippen LogP) is 4.71. The van der Waals surface area contributed by atoms with E-state index in [4.69, 9.17) is 0 Å². The average Bonchev–Trinajstić information content (AvgIpc) is 2.84. The summed E-state index contributed by atoms with van der Waals surface area (Å²) in [5.74, 6) is -0.233. The highest BCUT2D eigenvalue weighted by Gasteiger charge is 2.25. The molecular weight excluding hydrogens is 323 g/mol. The minimum atomic E-state index is -2.09. The van der Waals surface area contributed by atoms with Gasteiger partial charge in [0.2, 0.25) is 0 Å². The number of rotatable bonds is 4. The topological polar surface area (TPSA) is 40.1 Å². The molecule has 2 aromatic carbocycles. The number of halogens is 1. The largest absolute Gasteiger partial charge is 0.772 e. The van der Waals surface area contributed by atoms with Crippen molar-refractivity contribution in [1.82, 2.24) is 0 Å². The monoisotopic (exact) mass is 341 g/mol. The van der Waals surface area contributed by atoms with Crippen molar-refractivity contribution in [1.29, 1.82) is 0 Å². The van der Waals surface area contributed by atoms with Gasteiger partial charge in [0.25, 0.3) is 0 Å². The fourth-order valence-electron chi connectivity index (χ4n) is 2.96. The summed E-state index contributed by atoms with van der Waals surface area (Å²) >= 11 is -2.09. The Labute approximate surface area is 144 Å². The van der Waals surface area contributed by atoms with E-state index in [1.54, 1.807) is 12.1 Å². The number of hydrogen-bond donors (Lipinski definition) is 0. The van der Waals surface area contributed by atoms with Crippen LogP contribution in [0.15, 0.2) is 60.7 Å². The summed E-state index contributed by atoms with van der Waals surface area (Å²) < 4.78 is 34.8. The van der Waals surface area contributed by atoms with Crippen molar-refractivity contribution in [2.75, 3.05) is 0 Å². The van der Waals surface area contributed by atoms with E-state index in [1.165, 1.54) is 12.1 Å². The van der Waals surface area contributed by atoms with Crippen LogP contribution in [-0.4, -0.2) is 8.76 Å². The minimum Gasteiger partial charge on any atom is -0.772 e. The van der Waals surface area contributed by atoms with Crippen LogP contribution in [0, 0.1) is 11.2 Å².